The summed E-state index contributed by atoms with van der Waals surface area (Å²) in [6.07, 6.45) is -9.29. The van der Waals surface area contributed by atoms with Crippen LogP contribution in [0.2, 0.25) is 0 Å². The molecule has 0 saturated carbocycles. The van der Waals surface area contributed by atoms with Crippen LogP contribution in [0.3, 0.4) is 0 Å². The molecular formula is C12H22O9. The van der Waals surface area contributed by atoms with Crippen LogP contribution in [-0.2, 0) is 9.47 Å². The van der Waals surface area contributed by atoms with E-state index in [1.807, 2.05) is 0 Å². The Labute approximate surface area is 121 Å². The van der Waals surface area contributed by atoms with Crippen molar-refractivity contribution in [2.24, 2.45) is 0 Å². The summed E-state index contributed by atoms with van der Waals surface area (Å²) in [5.41, 5.74) is 0. The maximum Gasteiger partial charge on any atom is 0.222 e. The molecule has 0 aromatic rings. The standard InChI is InChI=1S/C12H22O9/c13-3-8-5(15)1-7(17)11(20-8)12(19)10(18)2-6(16)9(4-14)21-12/h5-11,13-19H,1-4H2/t5-,6-,7-,8+,9+,10-,11-,12+/m0/s1. The molecule has 2 aliphatic rings. The van der Waals surface area contributed by atoms with Crippen molar-refractivity contribution in [2.45, 2.75) is 61.4 Å². The van der Waals surface area contributed by atoms with Crippen molar-refractivity contribution in [3.8, 4) is 0 Å². The van der Waals surface area contributed by atoms with Crippen LogP contribution in [0.15, 0.2) is 0 Å². The van der Waals surface area contributed by atoms with Crippen LogP contribution in [0.5, 0.6) is 0 Å². The summed E-state index contributed by atoms with van der Waals surface area (Å²) < 4.78 is 10.4. The first-order chi connectivity index (χ1) is 9.83. The average molecular weight is 310 g/mol. The third-order valence-corrected chi connectivity index (χ3v) is 4.06. The molecule has 0 aromatic heterocycles. The maximum atomic E-state index is 10.5. The molecule has 0 aliphatic carbocycles. The van der Waals surface area contributed by atoms with Crippen molar-refractivity contribution in [1.82, 2.24) is 0 Å². The summed E-state index contributed by atoms with van der Waals surface area (Å²) in [7, 11) is 0. The SMILES string of the molecule is OC[C@H]1O[C@H]([C@]2(O)O[C@H](CO)[C@@H](O)C[C@@H]2O)[C@@H](O)C[C@@H]1O. The Morgan fingerprint density at radius 2 is 1.43 bits per heavy atom. The summed E-state index contributed by atoms with van der Waals surface area (Å²) in [5.74, 6) is -2.36. The molecule has 9 heteroatoms. The van der Waals surface area contributed by atoms with E-state index in [4.69, 9.17) is 19.7 Å². The monoisotopic (exact) mass is 310 g/mol. The maximum absolute atomic E-state index is 10.5. The fourth-order valence-electron chi connectivity index (χ4n) is 2.79. The molecule has 21 heavy (non-hydrogen) atoms. The Morgan fingerprint density at radius 1 is 0.857 bits per heavy atom. The smallest absolute Gasteiger partial charge is 0.222 e. The lowest BCUT2D eigenvalue weighted by molar-refractivity contribution is -0.384. The minimum Gasteiger partial charge on any atom is -0.394 e. The summed E-state index contributed by atoms with van der Waals surface area (Å²) in [5, 5.41) is 68.0. The molecule has 0 unspecified atom stereocenters. The van der Waals surface area contributed by atoms with E-state index in [2.05, 4.69) is 0 Å². The molecule has 7 N–H and O–H groups in total. The van der Waals surface area contributed by atoms with Gasteiger partial charge in [0.25, 0.3) is 0 Å². The van der Waals surface area contributed by atoms with Crippen molar-refractivity contribution in [2.75, 3.05) is 13.2 Å². The molecular weight excluding hydrogens is 288 g/mol. The Morgan fingerprint density at radius 3 is 2.00 bits per heavy atom. The number of ether oxygens (including phenoxy) is 2. The van der Waals surface area contributed by atoms with Gasteiger partial charge in [0.1, 0.15) is 24.4 Å². The van der Waals surface area contributed by atoms with E-state index >= 15 is 0 Å². The second-order valence-electron chi connectivity index (χ2n) is 5.56. The van der Waals surface area contributed by atoms with E-state index < -0.39 is 61.7 Å². The molecule has 0 amide bonds. The second kappa shape index (κ2) is 6.41. The van der Waals surface area contributed by atoms with Crippen LogP contribution in [0.25, 0.3) is 0 Å². The van der Waals surface area contributed by atoms with E-state index in [1.54, 1.807) is 0 Å². The zero-order valence-corrected chi connectivity index (χ0v) is 11.3. The summed E-state index contributed by atoms with van der Waals surface area (Å²) >= 11 is 0. The van der Waals surface area contributed by atoms with Gasteiger partial charge < -0.3 is 45.2 Å². The molecule has 9 nitrogen and oxygen atoms in total. The van der Waals surface area contributed by atoms with Gasteiger partial charge in [0.2, 0.25) is 5.79 Å². The topological polar surface area (TPSA) is 160 Å². The van der Waals surface area contributed by atoms with Gasteiger partial charge in [0.15, 0.2) is 0 Å². The van der Waals surface area contributed by atoms with Crippen molar-refractivity contribution in [3.63, 3.8) is 0 Å². The first-order valence-corrected chi connectivity index (χ1v) is 6.83. The van der Waals surface area contributed by atoms with E-state index in [9.17, 15) is 25.5 Å². The predicted octanol–water partition coefficient (Wildman–Crippen LogP) is -3.95. The summed E-state index contributed by atoms with van der Waals surface area (Å²) in [6.45, 7) is -1.13. The van der Waals surface area contributed by atoms with Crippen molar-refractivity contribution < 1.29 is 45.2 Å². The third kappa shape index (κ3) is 3.07. The first kappa shape index (κ1) is 17.0. The quantitative estimate of drug-likeness (QED) is 0.276. The van der Waals surface area contributed by atoms with Gasteiger partial charge in [-0.1, -0.05) is 0 Å². The van der Waals surface area contributed by atoms with Crippen molar-refractivity contribution >= 4 is 0 Å². The highest BCUT2D eigenvalue weighted by molar-refractivity contribution is 5.00. The van der Waals surface area contributed by atoms with Crippen LogP contribution >= 0.6 is 0 Å². The van der Waals surface area contributed by atoms with Gasteiger partial charge in [-0.15, -0.1) is 0 Å². The molecule has 0 radical (unpaired) electrons. The van der Waals surface area contributed by atoms with Gasteiger partial charge in [-0.05, 0) is 0 Å². The summed E-state index contributed by atoms with van der Waals surface area (Å²) in [4.78, 5) is 0. The van der Waals surface area contributed by atoms with Gasteiger partial charge in [0.05, 0.1) is 31.5 Å². The van der Waals surface area contributed by atoms with E-state index in [0.717, 1.165) is 0 Å². The molecule has 2 fully saturated rings. The van der Waals surface area contributed by atoms with Gasteiger partial charge >= 0.3 is 0 Å². The van der Waals surface area contributed by atoms with Crippen molar-refractivity contribution in [1.29, 1.82) is 0 Å². The van der Waals surface area contributed by atoms with Gasteiger partial charge in [0, 0.05) is 12.8 Å². The van der Waals surface area contributed by atoms with E-state index in [-0.39, 0.29) is 12.8 Å². The number of hydrogen-bond acceptors (Lipinski definition) is 9. The van der Waals surface area contributed by atoms with E-state index in [1.165, 1.54) is 0 Å². The minimum absolute atomic E-state index is 0.180. The van der Waals surface area contributed by atoms with Crippen molar-refractivity contribution in [3.05, 3.63) is 0 Å². The molecule has 0 bridgehead atoms. The molecule has 124 valence electrons. The molecule has 2 heterocycles. The zero-order chi connectivity index (χ0) is 15.8. The number of aliphatic hydroxyl groups excluding tert-OH is 6. The zero-order valence-electron chi connectivity index (χ0n) is 11.3. The van der Waals surface area contributed by atoms with E-state index in [0.29, 0.717) is 0 Å². The molecule has 2 rings (SSSR count). The minimum atomic E-state index is -2.36. The second-order valence-corrected chi connectivity index (χ2v) is 5.56. The van der Waals surface area contributed by atoms with Gasteiger partial charge in [-0.25, -0.2) is 0 Å². The lowest BCUT2D eigenvalue weighted by atomic mass is 9.86. The Bertz CT molecular complexity index is 354. The van der Waals surface area contributed by atoms with Gasteiger partial charge in [-0.2, -0.15) is 0 Å². The lowest BCUT2D eigenvalue weighted by Gasteiger charge is -2.50. The van der Waals surface area contributed by atoms with Crippen LogP contribution in [0.4, 0.5) is 0 Å². The van der Waals surface area contributed by atoms with Gasteiger partial charge in [-0.3, -0.25) is 0 Å². The molecule has 2 saturated heterocycles. The molecule has 8 atom stereocenters. The number of hydrogen-bond donors (Lipinski definition) is 7. The molecule has 2 aliphatic heterocycles. The van der Waals surface area contributed by atoms with Crippen LogP contribution in [0.1, 0.15) is 12.8 Å². The highest BCUT2D eigenvalue weighted by atomic mass is 16.7. The Kier molecular flexibility index (Phi) is 5.19. The highest BCUT2D eigenvalue weighted by Gasteiger charge is 2.57. The van der Waals surface area contributed by atoms with Crippen LogP contribution in [-0.4, -0.2) is 97.5 Å². The molecule has 0 aromatic carbocycles. The Balaban J connectivity index is 2.20. The average Bonchev–Trinajstić information content (AvgIpc) is 2.43. The number of aliphatic hydroxyl groups is 7. The van der Waals surface area contributed by atoms with Crippen LogP contribution < -0.4 is 0 Å². The normalized spacial score (nSPS) is 51.9. The summed E-state index contributed by atoms with van der Waals surface area (Å²) in [6, 6.07) is 0. The third-order valence-electron chi connectivity index (χ3n) is 4.06. The highest BCUT2D eigenvalue weighted by Crippen LogP contribution is 2.36. The Hall–Kier alpha value is -0.360. The number of rotatable bonds is 3. The fraction of sp³-hybridized carbons (Fsp3) is 1.00. The lowest BCUT2D eigenvalue weighted by Crippen LogP contribution is -2.68. The first-order valence-electron chi connectivity index (χ1n) is 6.83. The predicted molar refractivity (Wildman–Crippen MR) is 65.9 cm³/mol. The van der Waals surface area contributed by atoms with Crippen LogP contribution in [0, 0.1) is 0 Å². The molecule has 0 spiro atoms. The fourth-order valence-corrected chi connectivity index (χ4v) is 2.79. The largest absolute Gasteiger partial charge is 0.394 e.